The molecule has 1 atom stereocenters. The van der Waals surface area contributed by atoms with Gasteiger partial charge in [-0.2, -0.15) is 0 Å². The van der Waals surface area contributed by atoms with Crippen molar-refractivity contribution in [1.29, 1.82) is 0 Å². The predicted octanol–water partition coefficient (Wildman–Crippen LogP) is 0.452. The first-order valence-electron chi connectivity index (χ1n) is 6.11. The highest BCUT2D eigenvalue weighted by Gasteiger charge is 2.47. The molecule has 0 radical (unpaired) electrons. The zero-order chi connectivity index (χ0) is 11.9. The van der Waals surface area contributed by atoms with Gasteiger partial charge in [0, 0.05) is 25.2 Å². The van der Waals surface area contributed by atoms with Crippen LogP contribution in [0.15, 0.2) is 0 Å². The Hall–Kier alpha value is -0.610. The zero-order valence-corrected chi connectivity index (χ0v) is 10.4. The van der Waals surface area contributed by atoms with Crippen LogP contribution in [0.4, 0.5) is 0 Å². The minimum absolute atomic E-state index is 0.00891. The second kappa shape index (κ2) is 4.00. The van der Waals surface area contributed by atoms with Crippen LogP contribution in [-0.2, 0) is 4.79 Å². The van der Waals surface area contributed by atoms with Crippen molar-refractivity contribution in [3.63, 3.8) is 0 Å². The van der Waals surface area contributed by atoms with Crippen molar-refractivity contribution >= 4 is 5.91 Å². The van der Waals surface area contributed by atoms with Gasteiger partial charge in [0.2, 0.25) is 5.91 Å². The van der Waals surface area contributed by atoms with E-state index in [9.17, 15) is 9.90 Å². The first-order chi connectivity index (χ1) is 7.47. The van der Waals surface area contributed by atoms with Crippen LogP contribution >= 0.6 is 0 Å². The van der Waals surface area contributed by atoms with E-state index in [2.05, 4.69) is 18.7 Å². The highest BCUT2D eigenvalue weighted by atomic mass is 16.3. The molecule has 1 aliphatic heterocycles. The second-order valence-corrected chi connectivity index (χ2v) is 5.66. The molecule has 0 aromatic carbocycles. The maximum absolute atomic E-state index is 12.1. The van der Waals surface area contributed by atoms with Gasteiger partial charge in [-0.3, -0.25) is 9.69 Å². The van der Waals surface area contributed by atoms with E-state index in [-0.39, 0.29) is 24.1 Å². The number of rotatable bonds is 2. The normalized spacial score (nSPS) is 31.6. The van der Waals surface area contributed by atoms with Crippen LogP contribution in [0.1, 0.15) is 33.1 Å². The highest BCUT2D eigenvalue weighted by Crippen LogP contribution is 2.38. The Morgan fingerprint density at radius 1 is 1.44 bits per heavy atom. The van der Waals surface area contributed by atoms with Gasteiger partial charge < -0.3 is 10.0 Å². The lowest BCUT2D eigenvalue weighted by atomic mass is 9.96. The van der Waals surface area contributed by atoms with Crippen LogP contribution in [0.25, 0.3) is 0 Å². The standard InChI is InChI=1S/C12H22N2O2/c1-12(2)6-7-13(3)11(16)10(8-15)14(12)9-4-5-9/h9-10,15H,4-8H2,1-3H3. The van der Waals surface area contributed by atoms with Gasteiger partial charge in [0.05, 0.1) is 6.61 Å². The smallest absolute Gasteiger partial charge is 0.242 e. The van der Waals surface area contributed by atoms with Crippen molar-refractivity contribution in [1.82, 2.24) is 9.80 Å². The minimum atomic E-state index is -0.338. The average Bonchev–Trinajstić information content (AvgIpc) is 3.04. The summed E-state index contributed by atoms with van der Waals surface area (Å²) in [6.45, 7) is 5.08. The zero-order valence-electron chi connectivity index (χ0n) is 10.4. The van der Waals surface area contributed by atoms with Crippen LogP contribution in [0.2, 0.25) is 0 Å². The SMILES string of the molecule is CN1CCC(C)(C)N(C2CC2)C(CO)C1=O. The Balaban J connectivity index is 2.29. The van der Waals surface area contributed by atoms with Gasteiger partial charge in [0.15, 0.2) is 0 Å². The van der Waals surface area contributed by atoms with E-state index in [4.69, 9.17) is 0 Å². The summed E-state index contributed by atoms with van der Waals surface area (Å²) in [6.07, 6.45) is 3.30. The molecule has 0 bridgehead atoms. The van der Waals surface area contributed by atoms with Crippen molar-refractivity contribution in [3.05, 3.63) is 0 Å². The molecule has 1 aliphatic carbocycles. The van der Waals surface area contributed by atoms with Crippen LogP contribution in [0, 0.1) is 0 Å². The van der Waals surface area contributed by atoms with E-state index in [0.29, 0.717) is 6.04 Å². The molecule has 2 aliphatic rings. The largest absolute Gasteiger partial charge is 0.394 e. The van der Waals surface area contributed by atoms with Crippen molar-refractivity contribution < 1.29 is 9.90 Å². The van der Waals surface area contributed by atoms with Crippen LogP contribution in [0.3, 0.4) is 0 Å². The lowest BCUT2D eigenvalue weighted by Gasteiger charge is -2.40. The lowest BCUT2D eigenvalue weighted by molar-refractivity contribution is -0.137. The molecule has 2 rings (SSSR count). The van der Waals surface area contributed by atoms with Gasteiger partial charge in [-0.1, -0.05) is 0 Å². The quantitative estimate of drug-likeness (QED) is 0.743. The van der Waals surface area contributed by atoms with E-state index < -0.39 is 0 Å². The molecule has 92 valence electrons. The minimum Gasteiger partial charge on any atom is -0.394 e. The van der Waals surface area contributed by atoms with Crippen molar-refractivity contribution in [2.45, 2.75) is 50.7 Å². The summed E-state index contributed by atoms with van der Waals surface area (Å²) in [6, 6.07) is 0.164. The molecule has 4 nitrogen and oxygen atoms in total. The summed E-state index contributed by atoms with van der Waals surface area (Å²) < 4.78 is 0. The molecule has 0 aromatic heterocycles. The summed E-state index contributed by atoms with van der Waals surface area (Å²) in [5.74, 6) is 0.0694. The number of aliphatic hydroxyl groups excluding tert-OH is 1. The molecule has 0 aromatic rings. The molecule has 1 amide bonds. The molecule has 0 spiro atoms. The van der Waals surface area contributed by atoms with Crippen molar-refractivity contribution in [2.24, 2.45) is 0 Å². The first-order valence-corrected chi connectivity index (χ1v) is 6.11. The molecule has 4 heteroatoms. The van der Waals surface area contributed by atoms with Crippen LogP contribution < -0.4 is 0 Å². The molecular weight excluding hydrogens is 204 g/mol. The Morgan fingerprint density at radius 3 is 2.56 bits per heavy atom. The van der Waals surface area contributed by atoms with Gasteiger partial charge in [0.25, 0.3) is 0 Å². The first kappa shape index (κ1) is 11.9. The summed E-state index contributed by atoms with van der Waals surface area (Å²) in [4.78, 5) is 16.1. The summed E-state index contributed by atoms with van der Waals surface area (Å²) in [5.41, 5.74) is 0.00891. The number of likely N-dealkylation sites (N-methyl/N-ethyl adjacent to an activating group) is 1. The summed E-state index contributed by atoms with van der Waals surface area (Å²) in [5, 5.41) is 9.49. The summed E-state index contributed by atoms with van der Waals surface area (Å²) >= 11 is 0. The lowest BCUT2D eigenvalue weighted by Crippen LogP contribution is -2.55. The Labute approximate surface area is 97.2 Å². The van der Waals surface area contributed by atoms with Gasteiger partial charge >= 0.3 is 0 Å². The monoisotopic (exact) mass is 226 g/mol. The average molecular weight is 226 g/mol. The predicted molar refractivity (Wildman–Crippen MR) is 62.1 cm³/mol. The fourth-order valence-electron chi connectivity index (χ4n) is 2.74. The fourth-order valence-corrected chi connectivity index (χ4v) is 2.74. The molecule has 1 saturated carbocycles. The number of amides is 1. The third kappa shape index (κ3) is 1.96. The molecule has 1 unspecified atom stereocenters. The third-order valence-corrected chi connectivity index (χ3v) is 3.87. The molecule has 1 saturated heterocycles. The van der Waals surface area contributed by atoms with E-state index in [0.717, 1.165) is 25.8 Å². The van der Waals surface area contributed by atoms with E-state index in [1.165, 1.54) is 0 Å². The van der Waals surface area contributed by atoms with Gasteiger partial charge in [-0.25, -0.2) is 0 Å². The van der Waals surface area contributed by atoms with Crippen molar-refractivity contribution in [2.75, 3.05) is 20.2 Å². The maximum Gasteiger partial charge on any atom is 0.242 e. The van der Waals surface area contributed by atoms with Crippen LogP contribution in [-0.4, -0.2) is 58.6 Å². The number of carbonyl (C=O) groups is 1. The molecule has 2 fully saturated rings. The Bertz CT molecular complexity index is 287. The second-order valence-electron chi connectivity index (χ2n) is 5.66. The van der Waals surface area contributed by atoms with Gasteiger partial charge in [-0.05, 0) is 33.1 Å². The van der Waals surface area contributed by atoms with E-state index in [1.54, 1.807) is 4.90 Å². The highest BCUT2D eigenvalue weighted by molar-refractivity contribution is 5.82. The fraction of sp³-hybridized carbons (Fsp3) is 0.917. The van der Waals surface area contributed by atoms with E-state index >= 15 is 0 Å². The third-order valence-electron chi connectivity index (χ3n) is 3.87. The maximum atomic E-state index is 12.1. The number of hydrogen-bond acceptors (Lipinski definition) is 3. The van der Waals surface area contributed by atoms with Crippen LogP contribution in [0.5, 0.6) is 0 Å². The molecule has 16 heavy (non-hydrogen) atoms. The number of carbonyl (C=O) groups excluding carboxylic acids is 1. The Morgan fingerprint density at radius 2 is 2.06 bits per heavy atom. The van der Waals surface area contributed by atoms with Gasteiger partial charge in [-0.15, -0.1) is 0 Å². The number of aliphatic hydroxyl groups is 1. The van der Waals surface area contributed by atoms with E-state index in [1.807, 2.05) is 7.05 Å². The molecular formula is C12H22N2O2. The summed E-state index contributed by atoms with van der Waals surface area (Å²) in [7, 11) is 1.83. The Kier molecular flexibility index (Phi) is 2.97. The molecule has 1 heterocycles. The number of hydrogen-bond donors (Lipinski definition) is 1. The van der Waals surface area contributed by atoms with Crippen molar-refractivity contribution in [3.8, 4) is 0 Å². The topological polar surface area (TPSA) is 43.8 Å². The number of nitrogens with zero attached hydrogens (tertiary/aromatic N) is 2. The van der Waals surface area contributed by atoms with Gasteiger partial charge in [0.1, 0.15) is 6.04 Å². The molecule has 1 N–H and O–H groups in total.